The lowest BCUT2D eigenvalue weighted by Crippen LogP contribution is -2.34. The van der Waals surface area contributed by atoms with E-state index in [0.717, 1.165) is 25.9 Å². The lowest BCUT2D eigenvalue weighted by atomic mass is 10.3. The summed E-state index contributed by atoms with van der Waals surface area (Å²) in [5, 5.41) is 11.9. The van der Waals surface area contributed by atoms with Gasteiger partial charge in [-0.25, -0.2) is 8.78 Å². The molecule has 0 unspecified atom stereocenters. The fourth-order valence-corrected chi connectivity index (χ4v) is 1.36. The molecule has 0 aliphatic heterocycles. The fraction of sp³-hybridized carbons (Fsp3) is 1.00. The van der Waals surface area contributed by atoms with Gasteiger partial charge in [0.15, 0.2) is 0 Å². The highest BCUT2D eigenvalue weighted by Gasteiger charge is 2.10. The number of aliphatic hydroxyl groups excluding tert-OH is 1. The minimum Gasteiger partial charge on any atom is -0.395 e. The molecule has 0 aromatic heterocycles. The predicted octanol–water partition coefficient (Wildman–Crippen LogP) is 0.935. The minimum absolute atomic E-state index is 0.0604. The number of halogens is 2. The molecular weight excluding hydrogens is 202 g/mol. The highest BCUT2D eigenvalue weighted by molar-refractivity contribution is 4.60. The van der Waals surface area contributed by atoms with Gasteiger partial charge in [-0.2, -0.15) is 0 Å². The third kappa shape index (κ3) is 10.0. The van der Waals surface area contributed by atoms with Crippen LogP contribution in [0.25, 0.3) is 0 Å². The van der Waals surface area contributed by atoms with Gasteiger partial charge in [0.1, 0.15) is 0 Å². The third-order valence-electron chi connectivity index (χ3n) is 2.07. The Morgan fingerprint density at radius 1 is 1.27 bits per heavy atom. The molecule has 0 fully saturated rings. The Morgan fingerprint density at radius 3 is 2.53 bits per heavy atom. The SMILES string of the molecule is CCCNCCCN(CCO)CC(F)F. The molecule has 0 saturated heterocycles. The molecule has 3 nitrogen and oxygen atoms in total. The Kier molecular flexibility index (Phi) is 10.1. The van der Waals surface area contributed by atoms with Gasteiger partial charge in [0.25, 0.3) is 6.43 Å². The lowest BCUT2D eigenvalue weighted by Gasteiger charge is -2.20. The van der Waals surface area contributed by atoms with Gasteiger partial charge >= 0.3 is 0 Å². The van der Waals surface area contributed by atoms with Crippen molar-refractivity contribution in [1.82, 2.24) is 10.2 Å². The van der Waals surface area contributed by atoms with Crippen molar-refractivity contribution < 1.29 is 13.9 Å². The molecule has 0 aromatic carbocycles. The average Bonchev–Trinajstić information content (AvgIpc) is 2.17. The molecule has 0 bridgehead atoms. The summed E-state index contributed by atoms with van der Waals surface area (Å²) in [5.41, 5.74) is 0. The quantitative estimate of drug-likeness (QED) is 0.542. The summed E-state index contributed by atoms with van der Waals surface area (Å²) >= 11 is 0. The molecule has 5 heteroatoms. The van der Waals surface area contributed by atoms with Crippen molar-refractivity contribution in [3.05, 3.63) is 0 Å². The summed E-state index contributed by atoms with van der Waals surface area (Å²) < 4.78 is 24.2. The second-order valence-electron chi connectivity index (χ2n) is 3.52. The van der Waals surface area contributed by atoms with Gasteiger partial charge in [-0.3, -0.25) is 4.90 Å². The first-order valence-corrected chi connectivity index (χ1v) is 5.52. The zero-order chi connectivity index (χ0) is 11.5. The van der Waals surface area contributed by atoms with Crippen LogP contribution in [0.3, 0.4) is 0 Å². The van der Waals surface area contributed by atoms with Gasteiger partial charge in [0.2, 0.25) is 0 Å². The molecular formula is C10H22F2N2O. The van der Waals surface area contributed by atoms with Crippen molar-refractivity contribution in [3.8, 4) is 0 Å². The van der Waals surface area contributed by atoms with E-state index in [9.17, 15) is 8.78 Å². The van der Waals surface area contributed by atoms with E-state index in [0.29, 0.717) is 13.1 Å². The van der Waals surface area contributed by atoms with Crippen molar-refractivity contribution in [2.75, 3.05) is 39.3 Å². The van der Waals surface area contributed by atoms with Crippen molar-refractivity contribution in [3.63, 3.8) is 0 Å². The van der Waals surface area contributed by atoms with Gasteiger partial charge < -0.3 is 10.4 Å². The molecule has 0 saturated carbocycles. The maximum atomic E-state index is 12.1. The highest BCUT2D eigenvalue weighted by Crippen LogP contribution is 1.98. The number of nitrogens with one attached hydrogen (secondary N) is 1. The molecule has 92 valence electrons. The average molecular weight is 224 g/mol. The molecule has 0 rings (SSSR count). The van der Waals surface area contributed by atoms with Crippen LogP contribution in [0, 0.1) is 0 Å². The van der Waals surface area contributed by atoms with Gasteiger partial charge in [0.05, 0.1) is 13.2 Å². The molecule has 0 spiro atoms. The number of nitrogens with zero attached hydrogens (tertiary/aromatic N) is 1. The summed E-state index contributed by atoms with van der Waals surface area (Å²) in [4.78, 5) is 1.60. The second kappa shape index (κ2) is 10.3. The molecule has 15 heavy (non-hydrogen) atoms. The van der Waals surface area contributed by atoms with E-state index in [4.69, 9.17) is 5.11 Å². The van der Waals surface area contributed by atoms with E-state index in [1.165, 1.54) is 0 Å². The maximum absolute atomic E-state index is 12.1. The number of alkyl halides is 2. The van der Waals surface area contributed by atoms with Crippen LogP contribution in [0.5, 0.6) is 0 Å². The molecule has 0 aliphatic carbocycles. The van der Waals surface area contributed by atoms with Crippen LogP contribution in [0.2, 0.25) is 0 Å². The number of aliphatic hydroxyl groups is 1. The van der Waals surface area contributed by atoms with Crippen LogP contribution < -0.4 is 5.32 Å². The normalized spacial score (nSPS) is 11.6. The molecule has 0 radical (unpaired) electrons. The maximum Gasteiger partial charge on any atom is 0.251 e. The van der Waals surface area contributed by atoms with Crippen LogP contribution in [0.15, 0.2) is 0 Å². The van der Waals surface area contributed by atoms with Crippen molar-refractivity contribution >= 4 is 0 Å². The highest BCUT2D eigenvalue weighted by atomic mass is 19.3. The van der Waals surface area contributed by atoms with Crippen molar-refractivity contribution in [2.45, 2.75) is 26.2 Å². The Bertz CT molecular complexity index is 137. The second-order valence-corrected chi connectivity index (χ2v) is 3.52. The Balaban J connectivity index is 3.47. The summed E-state index contributed by atoms with van der Waals surface area (Å²) in [6, 6.07) is 0. The van der Waals surface area contributed by atoms with E-state index in [2.05, 4.69) is 12.2 Å². The van der Waals surface area contributed by atoms with Gasteiger partial charge in [-0.1, -0.05) is 6.92 Å². The summed E-state index contributed by atoms with van der Waals surface area (Å²) in [6.45, 7) is 4.54. The van der Waals surface area contributed by atoms with Crippen molar-refractivity contribution in [2.24, 2.45) is 0 Å². The third-order valence-corrected chi connectivity index (χ3v) is 2.07. The largest absolute Gasteiger partial charge is 0.395 e. The first-order valence-electron chi connectivity index (χ1n) is 5.52. The summed E-state index contributed by atoms with van der Waals surface area (Å²) in [5.74, 6) is 0. The van der Waals surface area contributed by atoms with Crippen LogP contribution in [-0.4, -0.2) is 55.8 Å². The summed E-state index contributed by atoms with van der Waals surface area (Å²) in [6.07, 6.45) is -0.399. The van der Waals surface area contributed by atoms with Gasteiger partial charge in [0, 0.05) is 6.54 Å². The molecule has 0 aromatic rings. The topological polar surface area (TPSA) is 35.5 Å². The first kappa shape index (κ1) is 14.7. The Hall–Kier alpha value is -0.260. The zero-order valence-electron chi connectivity index (χ0n) is 9.38. The smallest absolute Gasteiger partial charge is 0.251 e. The minimum atomic E-state index is -2.32. The molecule has 0 aliphatic rings. The van der Waals surface area contributed by atoms with Gasteiger partial charge in [-0.05, 0) is 32.5 Å². The molecule has 2 N–H and O–H groups in total. The number of rotatable bonds is 10. The lowest BCUT2D eigenvalue weighted by molar-refractivity contribution is 0.0778. The van der Waals surface area contributed by atoms with Crippen LogP contribution >= 0.6 is 0 Å². The standard InChI is InChI=1S/C10H22F2N2O/c1-2-4-13-5-3-6-14(7-8-15)9-10(11)12/h10,13,15H,2-9H2,1H3. The zero-order valence-corrected chi connectivity index (χ0v) is 9.38. The van der Waals surface area contributed by atoms with E-state index in [-0.39, 0.29) is 13.2 Å². The predicted molar refractivity (Wildman–Crippen MR) is 57.3 cm³/mol. The van der Waals surface area contributed by atoms with E-state index < -0.39 is 6.43 Å². The Labute approximate surface area is 90.5 Å². The van der Waals surface area contributed by atoms with E-state index in [1.807, 2.05) is 0 Å². The van der Waals surface area contributed by atoms with E-state index >= 15 is 0 Å². The molecule has 0 heterocycles. The number of hydrogen-bond acceptors (Lipinski definition) is 3. The molecule has 0 atom stereocenters. The fourth-order valence-electron chi connectivity index (χ4n) is 1.36. The molecule has 0 amide bonds. The van der Waals surface area contributed by atoms with Crippen LogP contribution in [0.4, 0.5) is 8.78 Å². The summed E-state index contributed by atoms with van der Waals surface area (Å²) in [7, 11) is 0. The van der Waals surface area contributed by atoms with Gasteiger partial charge in [-0.15, -0.1) is 0 Å². The van der Waals surface area contributed by atoms with E-state index in [1.54, 1.807) is 4.90 Å². The first-order chi connectivity index (χ1) is 7.20. The van der Waals surface area contributed by atoms with Crippen LogP contribution in [0.1, 0.15) is 19.8 Å². The monoisotopic (exact) mass is 224 g/mol. The van der Waals surface area contributed by atoms with Crippen molar-refractivity contribution in [1.29, 1.82) is 0 Å². The number of hydrogen-bond donors (Lipinski definition) is 2. The Morgan fingerprint density at radius 2 is 2.00 bits per heavy atom. The van der Waals surface area contributed by atoms with Crippen LogP contribution in [-0.2, 0) is 0 Å².